The number of anilines is 2. The maximum atomic E-state index is 13.8. The van der Waals surface area contributed by atoms with Crippen LogP contribution in [0.5, 0.6) is 5.75 Å². The SMILES string of the molecule is CC(C)C.CCOC(=O)c1nn(-c2ccc(OC)cc2)c2c1CCN(c1ccc(N3CCCCC3=O)cc1)C2=O. The van der Waals surface area contributed by atoms with Crippen molar-refractivity contribution in [2.75, 3.05) is 36.6 Å². The molecule has 2 aliphatic heterocycles. The highest BCUT2D eigenvalue weighted by atomic mass is 16.5. The quantitative estimate of drug-likeness (QED) is 0.382. The Balaban J connectivity index is 0.000000867. The number of hydrogen-bond donors (Lipinski definition) is 0. The van der Waals surface area contributed by atoms with Gasteiger partial charge in [0.1, 0.15) is 11.4 Å². The van der Waals surface area contributed by atoms with E-state index >= 15 is 0 Å². The number of amides is 2. The van der Waals surface area contributed by atoms with E-state index in [0.29, 0.717) is 48.6 Å². The van der Waals surface area contributed by atoms with Crippen molar-refractivity contribution in [2.24, 2.45) is 5.92 Å². The molecule has 0 saturated carbocycles. The molecule has 40 heavy (non-hydrogen) atoms. The number of fused-ring (bicyclic) bond motifs is 1. The molecule has 0 atom stereocenters. The fraction of sp³-hybridized carbons (Fsp3) is 0.419. The van der Waals surface area contributed by atoms with E-state index in [-0.39, 0.29) is 24.1 Å². The van der Waals surface area contributed by atoms with Gasteiger partial charge in [-0.15, -0.1) is 0 Å². The Morgan fingerprint density at radius 2 is 1.48 bits per heavy atom. The summed E-state index contributed by atoms with van der Waals surface area (Å²) >= 11 is 0. The third-order valence-corrected chi connectivity index (χ3v) is 6.60. The molecule has 2 aromatic carbocycles. The van der Waals surface area contributed by atoms with Crippen molar-refractivity contribution >= 4 is 29.2 Å². The molecule has 0 spiro atoms. The molecule has 3 aromatic rings. The largest absolute Gasteiger partial charge is 0.497 e. The van der Waals surface area contributed by atoms with Gasteiger partial charge in [0, 0.05) is 36.4 Å². The third-order valence-electron chi connectivity index (χ3n) is 6.60. The van der Waals surface area contributed by atoms with E-state index in [4.69, 9.17) is 9.47 Å². The summed E-state index contributed by atoms with van der Waals surface area (Å²) in [6, 6.07) is 14.6. The molecule has 0 radical (unpaired) electrons. The van der Waals surface area contributed by atoms with Crippen molar-refractivity contribution in [3.63, 3.8) is 0 Å². The number of nitrogens with zero attached hydrogens (tertiary/aromatic N) is 4. The van der Waals surface area contributed by atoms with Crippen molar-refractivity contribution in [1.82, 2.24) is 9.78 Å². The lowest BCUT2D eigenvalue weighted by atomic mass is 10.0. The summed E-state index contributed by atoms with van der Waals surface area (Å²) < 4.78 is 12.0. The third kappa shape index (κ3) is 6.19. The van der Waals surface area contributed by atoms with Gasteiger partial charge in [0.05, 0.1) is 19.4 Å². The fourth-order valence-corrected chi connectivity index (χ4v) is 4.77. The van der Waals surface area contributed by atoms with Crippen LogP contribution in [0.4, 0.5) is 11.4 Å². The second-order valence-electron chi connectivity index (χ2n) is 10.5. The highest BCUT2D eigenvalue weighted by molar-refractivity contribution is 6.09. The number of benzene rings is 2. The second kappa shape index (κ2) is 12.8. The zero-order valence-corrected chi connectivity index (χ0v) is 24.0. The van der Waals surface area contributed by atoms with Crippen LogP contribution >= 0.6 is 0 Å². The molecular weight excluding hydrogens is 508 g/mol. The molecule has 1 saturated heterocycles. The van der Waals surface area contributed by atoms with Crippen LogP contribution < -0.4 is 14.5 Å². The molecule has 212 valence electrons. The summed E-state index contributed by atoms with van der Waals surface area (Å²) in [6.07, 6.45) is 2.93. The maximum absolute atomic E-state index is 13.8. The van der Waals surface area contributed by atoms with Crippen LogP contribution in [0.2, 0.25) is 0 Å². The van der Waals surface area contributed by atoms with Gasteiger partial charge in [0.2, 0.25) is 5.91 Å². The van der Waals surface area contributed by atoms with Crippen molar-refractivity contribution in [1.29, 1.82) is 0 Å². The van der Waals surface area contributed by atoms with Gasteiger partial charge in [-0.25, -0.2) is 9.48 Å². The first-order valence-electron chi connectivity index (χ1n) is 13.9. The lowest BCUT2D eigenvalue weighted by Gasteiger charge is -2.29. The Hall–Kier alpha value is -4.14. The highest BCUT2D eigenvalue weighted by Gasteiger charge is 2.35. The van der Waals surface area contributed by atoms with E-state index in [1.54, 1.807) is 48.1 Å². The number of hydrogen-bond acceptors (Lipinski definition) is 6. The zero-order valence-electron chi connectivity index (χ0n) is 24.0. The summed E-state index contributed by atoms with van der Waals surface area (Å²) in [5, 5.41) is 4.51. The van der Waals surface area contributed by atoms with Crippen LogP contribution in [0.25, 0.3) is 5.69 Å². The molecule has 2 aliphatic rings. The van der Waals surface area contributed by atoms with Crippen LogP contribution in [-0.2, 0) is 16.0 Å². The van der Waals surface area contributed by atoms with Crippen LogP contribution in [-0.4, -0.2) is 54.4 Å². The van der Waals surface area contributed by atoms with Crippen molar-refractivity contribution < 1.29 is 23.9 Å². The molecule has 1 fully saturated rings. The van der Waals surface area contributed by atoms with Gasteiger partial charge in [-0.3, -0.25) is 9.59 Å². The maximum Gasteiger partial charge on any atom is 0.359 e. The first-order chi connectivity index (χ1) is 19.2. The first kappa shape index (κ1) is 28.9. The van der Waals surface area contributed by atoms with Crippen molar-refractivity contribution in [2.45, 2.75) is 53.4 Å². The smallest absolute Gasteiger partial charge is 0.359 e. The predicted octanol–water partition coefficient (Wildman–Crippen LogP) is 5.44. The lowest BCUT2D eigenvalue weighted by Crippen LogP contribution is -2.39. The minimum absolute atomic E-state index is 0.127. The highest BCUT2D eigenvalue weighted by Crippen LogP contribution is 2.31. The number of aromatic nitrogens is 2. The monoisotopic (exact) mass is 546 g/mol. The van der Waals surface area contributed by atoms with E-state index in [1.807, 2.05) is 24.3 Å². The Morgan fingerprint density at radius 3 is 2.05 bits per heavy atom. The van der Waals surface area contributed by atoms with Gasteiger partial charge in [-0.2, -0.15) is 5.10 Å². The molecule has 0 unspecified atom stereocenters. The Kier molecular flexibility index (Phi) is 9.24. The molecular formula is C31H38N4O5. The van der Waals surface area contributed by atoms with E-state index < -0.39 is 5.97 Å². The van der Waals surface area contributed by atoms with E-state index in [1.165, 1.54) is 4.68 Å². The van der Waals surface area contributed by atoms with Gasteiger partial charge < -0.3 is 19.3 Å². The van der Waals surface area contributed by atoms with E-state index in [0.717, 1.165) is 30.1 Å². The first-order valence-corrected chi connectivity index (χ1v) is 13.9. The van der Waals surface area contributed by atoms with Crippen molar-refractivity contribution in [3.8, 4) is 11.4 Å². The summed E-state index contributed by atoms with van der Waals surface area (Å²) in [4.78, 5) is 42.2. The number of rotatable bonds is 6. The number of carbonyl (C=O) groups excluding carboxylic acids is 3. The van der Waals surface area contributed by atoms with Gasteiger partial charge >= 0.3 is 5.97 Å². The number of methoxy groups -OCH3 is 1. The van der Waals surface area contributed by atoms with Crippen LogP contribution in [0.3, 0.4) is 0 Å². The van der Waals surface area contributed by atoms with E-state index in [9.17, 15) is 14.4 Å². The topological polar surface area (TPSA) is 94.0 Å². The van der Waals surface area contributed by atoms with Crippen LogP contribution in [0.15, 0.2) is 48.5 Å². The van der Waals surface area contributed by atoms with Gasteiger partial charge in [0.15, 0.2) is 5.69 Å². The fourth-order valence-electron chi connectivity index (χ4n) is 4.77. The normalized spacial score (nSPS) is 14.9. The summed E-state index contributed by atoms with van der Waals surface area (Å²) in [6.45, 7) is 9.56. The van der Waals surface area contributed by atoms with Gasteiger partial charge in [0.25, 0.3) is 5.91 Å². The van der Waals surface area contributed by atoms with Crippen LogP contribution in [0, 0.1) is 5.92 Å². The Labute approximate surface area is 235 Å². The van der Waals surface area contributed by atoms with Gasteiger partial charge in [-0.05, 0) is 80.6 Å². The van der Waals surface area contributed by atoms with Gasteiger partial charge in [-0.1, -0.05) is 20.8 Å². The summed E-state index contributed by atoms with van der Waals surface area (Å²) in [5.41, 5.74) is 3.28. The molecule has 3 heterocycles. The number of ether oxygens (including phenoxy) is 2. The average Bonchev–Trinajstić information content (AvgIpc) is 3.34. The number of piperidine rings is 1. The molecule has 9 heteroatoms. The van der Waals surface area contributed by atoms with Crippen LogP contribution in [0.1, 0.15) is 73.5 Å². The number of esters is 1. The standard InChI is InChI=1S/C27H28N4O5.C4H10/c1-3-36-27(34)24-22-15-17-30(19-9-7-18(8-10-19)29-16-5-4-6-23(29)32)26(33)25(22)31(28-24)20-11-13-21(35-2)14-12-20;1-4(2)3/h7-14H,3-6,15-17H2,1-2H3;4H,1-3H3. The molecule has 5 rings (SSSR count). The van der Waals surface area contributed by atoms with E-state index in [2.05, 4.69) is 25.9 Å². The minimum atomic E-state index is -0.544. The Morgan fingerprint density at radius 1 is 0.875 bits per heavy atom. The zero-order chi connectivity index (χ0) is 28.8. The summed E-state index contributed by atoms with van der Waals surface area (Å²) in [7, 11) is 1.58. The lowest BCUT2D eigenvalue weighted by molar-refractivity contribution is -0.119. The number of carbonyl (C=O) groups is 3. The molecule has 0 aliphatic carbocycles. The van der Waals surface area contributed by atoms with Crippen molar-refractivity contribution in [3.05, 3.63) is 65.5 Å². The predicted molar refractivity (Wildman–Crippen MR) is 155 cm³/mol. The molecule has 1 aromatic heterocycles. The second-order valence-corrected chi connectivity index (χ2v) is 10.5. The Bertz CT molecular complexity index is 1340. The average molecular weight is 547 g/mol. The molecule has 0 N–H and O–H groups in total. The molecule has 0 bridgehead atoms. The molecule has 9 nitrogen and oxygen atoms in total. The molecule has 2 amide bonds. The minimum Gasteiger partial charge on any atom is -0.497 e. The summed E-state index contributed by atoms with van der Waals surface area (Å²) in [5.74, 6) is 0.836.